The van der Waals surface area contributed by atoms with Crippen LogP contribution in [0.3, 0.4) is 0 Å². The van der Waals surface area contributed by atoms with Crippen molar-refractivity contribution in [3.63, 3.8) is 0 Å². The van der Waals surface area contributed by atoms with E-state index < -0.39 is 0 Å². The molecule has 2 aromatic carbocycles. The predicted molar refractivity (Wildman–Crippen MR) is 80.5 cm³/mol. The first-order valence-electron chi connectivity index (χ1n) is 6.84. The molecule has 0 saturated heterocycles. The van der Waals surface area contributed by atoms with Crippen LogP contribution in [-0.2, 0) is 12.8 Å². The summed E-state index contributed by atoms with van der Waals surface area (Å²) < 4.78 is 10.8. The minimum atomic E-state index is 0.631. The maximum Gasteiger partial charge on any atom is 0.122 e. The Kier molecular flexibility index (Phi) is 3.36. The SMILES string of the molecule is COc1ccc2c(c1)Cc1c-2ccc(OC)c1CCN. The summed E-state index contributed by atoms with van der Waals surface area (Å²) >= 11 is 0. The molecule has 2 aromatic rings. The second kappa shape index (κ2) is 5.17. The van der Waals surface area contributed by atoms with Crippen molar-refractivity contribution in [1.29, 1.82) is 0 Å². The number of hydrogen-bond donors (Lipinski definition) is 1. The van der Waals surface area contributed by atoms with E-state index in [0.717, 1.165) is 24.3 Å². The van der Waals surface area contributed by atoms with Gasteiger partial charge in [0.05, 0.1) is 14.2 Å². The van der Waals surface area contributed by atoms with Crippen molar-refractivity contribution in [3.05, 3.63) is 47.0 Å². The first-order chi connectivity index (χ1) is 9.78. The molecular formula is C17H19NO2. The molecule has 0 fully saturated rings. The summed E-state index contributed by atoms with van der Waals surface area (Å²) in [5.74, 6) is 1.85. The topological polar surface area (TPSA) is 44.5 Å². The van der Waals surface area contributed by atoms with Gasteiger partial charge in [0, 0.05) is 0 Å². The lowest BCUT2D eigenvalue weighted by Gasteiger charge is -2.13. The molecule has 104 valence electrons. The first-order valence-corrected chi connectivity index (χ1v) is 6.84. The molecule has 1 aliphatic carbocycles. The van der Waals surface area contributed by atoms with Crippen LogP contribution in [0.1, 0.15) is 16.7 Å². The minimum absolute atomic E-state index is 0.631. The smallest absolute Gasteiger partial charge is 0.122 e. The Labute approximate surface area is 119 Å². The van der Waals surface area contributed by atoms with Crippen molar-refractivity contribution in [2.45, 2.75) is 12.8 Å². The normalized spacial score (nSPS) is 11.9. The summed E-state index contributed by atoms with van der Waals surface area (Å²) in [6.07, 6.45) is 1.77. The maximum atomic E-state index is 5.75. The Balaban J connectivity index is 2.13. The third-order valence-electron chi connectivity index (χ3n) is 3.97. The summed E-state index contributed by atoms with van der Waals surface area (Å²) in [5, 5.41) is 0. The van der Waals surface area contributed by atoms with E-state index in [1.807, 2.05) is 12.1 Å². The van der Waals surface area contributed by atoms with Crippen LogP contribution in [0.15, 0.2) is 30.3 Å². The lowest BCUT2D eigenvalue weighted by molar-refractivity contribution is 0.409. The third-order valence-corrected chi connectivity index (χ3v) is 3.97. The van der Waals surface area contributed by atoms with E-state index in [2.05, 4.69) is 18.2 Å². The molecule has 0 aliphatic heterocycles. The van der Waals surface area contributed by atoms with Crippen molar-refractivity contribution in [1.82, 2.24) is 0 Å². The second-order valence-corrected chi connectivity index (χ2v) is 5.01. The molecule has 0 spiro atoms. The van der Waals surface area contributed by atoms with Gasteiger partial charge in [0.15, 0.2) is 0 Å². The lowest BCUT2D eigenvalue weighted by atomic mass is 9.98. The van der Waals surface area contributed by atoms with E-state index in [1.165, 1.54) is 27.8 Å². The highest BCUT2D eigenvalue weighted by molar-refractivity contribution is 5.79. The van der Waals surface area contributed by atoms with Gasteiger partial charge in [-0.3, -0.25) is 0 Å². The van der Waals surface area contributed by atoms with E-state index >= 15 is 0 Å². The molecule has 3 heteroatoms. The summed E-state index contributed by atoms with van der Waals surface area (Å²) in [4.78, 5) is 0. The zero-order valence-corrected chi connectivity index (χ0v) is 11.9. The number of rotatable bonds is 4. The minimum Gasteiger partial charge on any atom is -0.497 e. The fraction of sp³-hybridized carbons (Fsp3) is 0.294. The Morgan fingerprint density at radius 3 is 2.55 bits per heavy atom. The number of fused-ring (bicyclic) bond motifs is 3. The van der Waals surface area contributed by atoms with Crippen molar-refractivity contribution in [3.8, 4) is 22.6 Å². The van der Waals surface area contributed by atoms with Gasteiger partial charge in [-0.2, -0.15) is 0 Å². The van der Waals surface area contributed by atoms with E-state index in [9.17, 15) is 0 Å². The molecule has 20 heavy (non-hydrogen) atoms. The molecule has 0 atom stereocenters. The zero-order chi connectivity index (χ0) is 14.1. The van der Waals surface area contributed by atoms with Crippen molar-refractivity contribution in [2.75, 3.05) is 20.8 Å². The molecule has 0 saturated carbocycles. The van der Waals surface area contributed by atoms with Gasteiger partial charge < -0.3 is 15.2 Å². The van der Waals surface area contributed by atoms with Crippen molar-refractivity contribution < 1.29 is 9.47 Å². The second-order valence-electron chi connectivity index (χ2n) is 5.01. The molecular weight excluding hydrogens is 250 g/mol. The predicted octanol–water partition coefficient (Wildman–Crippen LogP) is 2.78. The van der Waals surface area contributed by atoms with E-state index in [-0.39, 0.29) is 0 Å². The van der Waals surface area contributed by atoms with E-state index in [0.29, 0.717) is 6.54 Å². The molecule has 3 rings (SSSR count). The zero-order valence-electron chi connectivity index (χ0n) is 11.9. The van der Waals surface area contributed by atoms with Gasteiger partial charge >= 0.3 is 0 Å². The molecule has 0 heterocycles. The summed E-state index contributed by atoms with van der Waals surface area (Å²) in [6.45, 7) is 0.631. The largest absolute Gasteiger partial charge is 0.497 e. The molecule has 0 bridgehead atoms. The van der Waals surface area contributed by atoms with Gasteiger partial charge in [0.1, 0.15) is 11.5 Å². The third kappa shape index (κ3) is 1.95. The monoisotopic (exact) mass is 269 g/mol. The van der Waals surface area contributed by atoms with Gasteiger partial charge in [-0.1, -0.05) is 12.1 Å². The number of nitrogens with two attached hydrogens (primary N) is 1. The summed E-state index contributed by atoms with van der Waals surface area (Å²) in [6, 6.07) is 10.5. The van der Waals surface area contributed by atoms with Crippen LogP contribution >= 0.6 is 0 Å². The molecule has 0 aromatic heterocycles. The molecule has 3 nitrogen and oxygen atoms in total. The average molecular weight is 269 g/mol. The van der Waals surface area contributed by atoms with Crippen molar-refractivity contribution in [2.24, 2.45) is 5.73 Å². The summed E-state index contributed by atoms with van der Waals surface area (Å²) in [7, 11) is 3.42. The van der Waals surface area contributed by atoms with Crippen LogP contribution in [0.25, 0.3) is 11.1 Å². The Bertz CT molecular complexity index is 650. The van der Waals surface area contributed by atoms with Gasteiger partial charge in [0.2, 0.25) is 0 Å². The number of hydrogen-bond acceptors (Lipinski definition) is 3. The highest BCUT2D eigenvalue weighted by Gasteiger charge is 2.23. The highest BCUT2D eigenvalue weighted by Crippen LogP contribution is 2.42. The van der Waals surface area contributed by atoms with E-state index in [4.69, 9.17) is 15.2 Å². The van der Waals surface area contributed by atoms with Crippen LogP contribution in [0.4, 0.5) is 0 Å². The first kappa shape index (κ1) is 13.0. The van der Waals surface area contributed by atoms with Crippen LogP contribution in [0, 0.1) is 0 Å². The average Bonchev–Trinajstić information content (AvgIpc) is 2.85. The lowest BCUT2D eigenvalue weighted by Crippen LogP contribution is -2.07. The van der Waals surface area contributed by atoms with Gasteiger partial charge in [-0.15, -0.1) is 0 Å². The number of benzene rings is 2. The van der Waals surface area contributed by atoms with Crippen LogP contribution < -0.4 is 15.2 Å². The van der Waals surface area contributed by atoms with Crippen LogP contribution in [-0.4, -0.2) is 20.8 Å². The van der Waals surface area contributed by atoms with Gasteiger partial charge in [0.25, 0.3) is 0 Å². The fourth-order valence-corrected chi connectivity index (χ4v) is 3.03. The fourth-order valence-electron chi connectivity index (χ4n) is 3.03. The maximum absolute atomic E-state index is 5.75. The molecule has 0 amide bonds. The number of ether oxygens (including phenoxy) is 2. The van der Waals surface area contributed by atoms with E-state index in [1.54, 1.807) is 14.2 Å². The van der Waals surface area contributed by atoms with Gasteiger partial charge in [-0.05, 0) is 65.4 Å². The standard InChI is InChI=1S/C17H19NO2/c1-19-12-3-4-13-11(9-12)10-16-14(13)5-6-17(20-2)15(16)7-8-18/h3-6,9H,7-8,10,18H2,1-2H3. The number of methoxy groups -OCH3 is 2. The van der Waals surface area contributed by atoms with Crippen LogP contribution in [0.5, 0.6) is 11.5 Å². The Morgan fingerprint density at radius 2 is 1.85 bits per heavy atom. The van der Waals surface area contributed by atoms with Crippen molar-refractivity contribution >= 4 is 0 Å². The highest BCUT2D eigenvalue weighted by atomic mass is 16.5. The quantitative estimate of drug-likeness (QED) is 0.792. The molecule has 1 aliphatic rings. The molecule has 0 radical (unpaired) electrons. The van der Waals surface area contributed by atoms with Gasteiger partial charge in [-0.25, -0.2) is 0 Å². The van der Waals surface area contributed by atoms with Crippen LogP contribution in [0.2, 0.25) is 0 Å². The molecule has 2 N–H and O–H groups in total. The Morgan fingerprint density at radius 1 is 1.05 bits per heavy atom. The summed E-state index contributed by atoms with van der Waals surface area (Å²) in [5.41, 5.74) is 12.2. The Hall–Kier alpha value is -2.00. The molecule has 0 unspecified atom stereocenters.